The zero-order valence-electron chi connectivity index (χ0n) is 9.67. The Morgan fingerprint density at radius 3 is 2.78 bits per heavy atom. The number of furan rings is 1. The minimum atomic E-state index is 0.127. The van der Waals surface area contributed by atoms with Crippen LogP contribution in [0.25, 0.3) is 0 Å². The van der Waals surface area contributed by atoms with E-state index >= 15 is 0 Å². The third-order valence-corrected chi connectivity index (χ3v) is 2.36. The highest BCUT2D eigenvalue weighted by atomic mass is 32.1. The predicted molar refractivity (Wildman–Crippen MR) is 75.5 cm³/mol. The zero-order chi connectivity index (χ0) is 12.8. The molecule has 1 aromatic heterocycles. The van der Waals surface area contributed by atoms with Gasteiger partial charge in [-0.15, -0.1) is 0 Å². The molecule has 0 bridgehead atoms. The van der Waals surface area contributed by atoms with Crippen molar-refractivity contribution in [2.75, 3.05) is 0 Å². The molecular weight excluding hydrogens is 246 g/mol. The molecule has 18 heavy (non-hydrogen) atoms. The van der Waals surface area contributed by atoms with Gasteiger partial charge in [-0.2, -0.15) is 5.10 Å². The fourth-order valence-electron chi connectivity index (χ4n) is 1.52. The predicted octanol–water partition coefficient (Wildman–Crippen LogP) is 2.04. The van der Waals surface area contributed by atoms with Gasteiger partial charge in [-0.25, -0.2) is 0 Å². The minimum absolute atomic E-state index is 0.127. The normalized spacial score (nSPS) is 10.7. The summed E-state index contributed by atoms with van der Waals surface area (Å²) in [4.78, 5) is 0. The first kappa shape index (κ1) is 12.3. The first-order chi connectivity index (χ1) is 8.74. The molecule has 0 saturated carbocycles. The van der Waals surface area contributed by atoms with Gasteiger partial charge in [0.2, 0.25) is 0 Å². The van der Waals surface area contributed by atoms with Crippen LogP contribution in [0.4, 0.5) is 0 Å². The molecule has 0 fully saturated rings. The van der Waals surface area contributed by atoms with E-state index in [9.17, 15) is 0 Å². The first-order valence-corrected chi connectivity index (χ1v) is 5.86. The lowest BCUT2D eigenvalue weighted by Crippen LogP contribution is -2.23. The number of hydrazone groups is 1. The molecular formula is C13H13N3OS. The smallest absolute Gasteiger partial charge is 0.184 e. The molecule has 0 radical (unpaired) electrons. The van der Waals surface area contributed by atoms with E-state index < -0.39 is 0 Å². The maximum absolute atomic E-state index is 5.60. The molecule has 0 atom stereocenters. The molecule has 4 nitrogen and oxygen atoms in total. The Balaban J connectivity index is 1.98. The van der Waals surface area contributed by atoms with Gasteiger partial charge in [-0.1, -0.05) is 30.3 Å². The van der Waals surface area contributed by atoms with E-state index in [4.69, 9.17) is 10.2 Å². The lowest BCUT2D eigenvalue weighted by Gasteiger charge is -1.96. The summed E-state index contributed by atoms with van der Waals surface area (Å²) in [5, 5.41) is 3.95. The van der Waals surface area contributed by atoms with Gasteiger partial charge in [0, 0.05) is 6.42 Å². The molecule has 1 aromatic carbocycles. The number of rotatable bonds is 4. The second-order valence-electron chi connectivity index (χ2n) is 3.70. The van der Waals surface area contributed by atoms with Crippen LogP contribution in [-0.2, 0) is 6.42 Å². The topological polar surface area (TPSA) is 63.5 Å². The molecule has 0 aliphatic rings. The number of nitrogens with two attached hydrogens (primary N) is 1. The third kappa shape index (κ3) is 3.71. The SMILES string of the molecule is NC(=S)N/N=C/c1ccc(Cc2ccccc2)o1. The van der Waals surface area contributed by atoms with E-state index in [1.54, 1.807) is 0 Å². The van der Waals surface area contributed by atoms with Crippen LogP contribution in [-0.4, -0.2) is 11.3 Å². The number of nitrogens with one attached hydrogen (secondary N) is 1. The van der Waals surface area contributed by atoms with Gasteiger partial charge >= 0.3 is 0 Å². The second-order valence-corrected chi connectivity index (χ2v) is 4.14. The molecule has 2 rings (SSSR count). The lowest BCUT2D eigenvalue weighted by molar-refractivity contribution is 0.514. The Morgan fingerprint density at radius 2 is 2.06 bits per heavy atom. The zero-order valence-corrected chi connectivity index (χ0v) is 10.5. The molecule has 5 heteroatoms. The van der Waals surface area contributed by atoms with Crippen molar-refractivity contribution in [3.05, 3.63) is 59.5 Å². The molecule has 3 N–H and O–H groups in total. The maximum Gasteiger partial charge on any atom is 0.184 e. The van der Waals surface area contributed by atoms with Crippen molar-refractivity contribution in [3.63, 3.8) is 0 Å². The quantitative estimate of drug-likeness (QED) is 0.501. The van der Waals surface area contributed by atoms with Crippen LogP contribution in [0, 0.1) is 0 Å². The highest BCUT2D eigenvalue weighted by molar-refractivity contribution is 7.80. The van der Waals surface area contributed by atoms with Crippen LogP contribution in [0.1, 0.15) is 17.1 Å². The molecule has 0 saturated heterocycles. The van der Waals surface area contributed by atoms with Crippen molar-refractivity contribution < 1.29 is 4.42 Å². The molecule has 1 heterocycles. The van der Waals surface area contributed by atoms with Gasteiger partial charge in [0.15, 0.2) is 5.11 Å². The van der Waals surface area contributed by atoms with Crippen molar-refractivity contribution in [2.24, 2.45) is 10.8 Å². The molecule has 0 aliphatic heterocycles. The summed E-state index contributed by atoms with van der Waals surface area (Å²) in [6, 6.07) is 13.9. The van der Waals surface area contributed by atoms with Crippen LogP contribution < -0.4 is 11.2 Å². The van der Waals surface area contributed by atoms with E-state index in [-0.39, 0.29) is 5.11 Å². The van der Waals surface area contributed by atoms with Crippen LogP contribution in [0.15, 0.2) is 52.0 Å². The summed E-state index contributed by atoms with van der Waals surface area (Å²) >= 11 is 4.63. The Hall–Kier alpha value is -2.14. The van der Waals surface area contributed by atoms with E-state index in [0.717, 1.165) is 12.2 Å². The fourth-order valence-corrected chi connectivity index (χ4v) is 1.57. The summed E-state index contributed by atoms with van der Waals surface area (Å²) < 4.78 is 5.60. The molecule has 0 spiro atoms. The molecule has 0 aliphatic carbocycles. The fraction of sp³-hybridized carbons (Fsp3) is 0.0769. The second kappa shape index (κ2) is 5.97. The first-order valence-electron chi connectivity index (χ1n) is 5.45. The Labute approximate surface area is 110 Å². The number of hydrogen-bond donors (Lipinski definition) is 2. The lowest BCUT2D eigenvalue weighted by atomic mass is 10.1. The van der Waals surface area contributed by atoms with Crippen molar-refractivity contribution >= 4 is 23.5 Å². The highest BCUT2D eigenvalue weighted by Gasteiger charge is 2.01. The third-order valence-electron chi connectivity index (χ3n) is 2.27. The van der Waals surface area contributed by atoms with Crippen LogP contribution in [0.2, 0.25) is 0 Å². The summed E-state index contributed by atoms with van der Waals surface area (Å²) in [5.74, 6) is 1.54. The summed E-state index contributed by atoms with van der Waals surface area (Å²) in [7, 11) is 0. The highest BCUT2D eigenvalue weighted by Crippen LogP contribution is 2.11. The summed E-state index contributed by atoms with van der Waals surface area (Å²) in [6.45, 7) is 0. The number of hydrogen-bond acceptors (Lipinski definition) is 3. The van der Waals surface area contributed by atoms with Crippen LogP contribution >= 0.6 is 12.2 Å². The Bertz CT molecular complexity index is 548. The average molecular weight is 259 g/mol. The van der Waals surface area contributed by atoms with Crippen molar-refractivity contribution in [2.45, 2.75) is 6.42 Å². The van der Waals surface area contributed by atoms with Crippen molar-refractivity contribution in [1.29, 1.82) is 0 Å². The van der Waals surface area contributed by atoms with E-state index in [2.05, 4.69) is 34.9 Å². The standard InChI is InChI=1S/C13H13N3OS/c14-13(18)16-15-9-12-7-6-11(17-12)8-10-4-2-1-3-5-10/h1-7,9H,8H2,(H3,14,16,18)/b15-9+. The minimum Gasteiger partial charge on any atom is -0.460 e. The molecule has 0 unspecified atom stereocenters. The van der Waals surface area contributed by atoms with Gasteiger partial charge in [0.25, 0.3) is 0 Å². The largest absolute Gasteiger partial charge is 0.460 e. The van der Waals surface area contributed by atoms with Gasteiger partial charge in [-0.05, 0) is 29.9 Å². The Kier molecular flexibility index (Phi) is 4.09. The summed E-state index contributed by atoms with van der Waals surface area (Å²) in [6.07, 6.45) is 2.30. The number of nitrogens with zero attached hydrogens (tertiary/aromatic N) is 1. The molecule has 2 aromatic rings. The van der Waals surface area contributed by atoms with Gasteiger partial charge in [0.1, 0.15) is 11.5 Å². The van der Waals surface area contributed by atoms with Crippen LogP contribution in [0.3, 0.4) is 0 Å². The van der Waals surface area contributed by atoms with Gasteiger partial charge in [0.05, 0.1) is 6.21 Å². The van der Waals surface area contributed by atoms with Gasteiger partial charge in [-0.3, -0.25) is 5.43 Å². The van der Waals surface area contributed by atoms with Gasteiger partial charge < -0.3 is 10.2 Å². The monoisotopic (exact) mass is 259 g/mol. The Morgan fingerprint density at radius 1 is 1.28 bits per heavy atom. The molecule has 0 amide bonds. The van der Waals surface area contributed by atoms with Crippen molar-refractivity contribution in [3.8, 4) is 0 Å². The van der Waals surface area contributed by atoms with E-state index in [1.165, 1.54) is 11.8 Å². The number of thiocarbonyl (C=S) groups is 1. The van der Waals surface area contributed by atoms with Crippen molar-refractivity contribution in [1.82, 2.24) is 5.43 Å². The van der Waals surface area contributed by atoms with Crippen LogP contribution in [0.5, 0.6) is 0 Å². The van der Waals surface area contributed by atoms with E-state index in [1.807, 2.05) is 30.3 Å². The number of benzene rings is 1. The van der Waals surface area contributed by atoms with E-state index in [0.29, 0.717) is 5.76 Å². The molecule has 92 valence electrons. The average Bonchev–Trinajstić information content (AvgIpc) is 2.78. The maximum atomic E-state index is 5.60. The summed E-state index contributed by atoms with van der Waals surface area (Å²) in [5.41, 5.74) is 8.92.